The van der Waals surface area contributed by atoms with Crippen LogP contribution < -0.4 is 5.73 Å². The predicted octanol–water partition coefficient (Wildman–Crippen LogP) is 2.06. The van der Waals surface area contributed by atoms with Crippen molar-refractivity contribution >= 4 is 5.91 Å². The van der Waals surface area contributed by atoms with Gasteiger partial charge in [-0.15, -0.1) is 0 Å². The van der Waals surface area contributed by atoms with Gasteiger partial charge in [-0.2, -0.15) is 0 Å². The lowest BCUT2D eigenvalue weighted by Gasteiger charge is -2.02. The minimum absolute atomic E-state index is 0.211. The molecular formula is C12H17NO. The molecule has 0 aliphatic carbocycles. The Balaban J connectivity index is 2.46. The molecule has 2 nitrogen and oxygen atoms in total. The fourth-order valence-electron chi connectivity index (χ4n) is 1.47. The third kappa shape index (κ3) is 3.60. The van der Waals surface area contributed by atoms with Gasteiger partial charge in [-0.1, -0.05) is 31.2 Å². The smallest absolute Gasteiger partial charge is 0.217 e. The second-order valence-electron chi connectivity index (χ2n) is 3.49. The first-order valence-electron chi connectivity index (χ1n) is 5.08. The van der Waals surface area contributed by atoms with Crippen LogP contribution >= 0.6 is 0 Å². The first-order valence-corrected chi connectivity index (χ1v) is 5.08. The van der Waals surface area contributed by atoms with Crippen LogP contribution in [0.4, 0.5) is 0 Å². The molecule has 0 saturated heterocycles. The van der Waals surface area contributed by atoms with Crippen molar-refractivity contribution in [1.29, 1.82) is 0 Å². The van der Waals surface area contributed by atoms with E-state index in [9.17, 15) is 4.79 Å². The monoisotopic (exact) mass is 191 g/mol. The Morgan fingerprint density at radius 2 is 2.07 bits per heavy atom. The van der Waals surface area contributed by atoms with Crippen molar-refractivity contribution in [3.05, 3.63) is 35.4 Å². The van der Waals surface area contributed by atoms with Crippen molar-refractivity contribution in [1.82, 2.24) is 0 Å². The molecule has 1 rings (SSSR count). The molecule has 0 spiro atoms. The van der Waals surface area contributed by atoms with Gasteiger partial charge in [0.2, 0.25) is 5.91 Å². The molecule has 0 fully saturated rings. The van der Waals surface area contributed by atoms with Crippen molar-refractivity contribution in [2.45, 2.75) is 32.6 Å². The van der Waals surface area contributed by atoms with E-state index in [4.69, 9.17) is 5.73 Å². The van der Waals surface area contributed by atoms with Gasteiger partial charge in [-0.25, -0.2) is 0 Å². The molecule has 0 saturated carbocycles. The number of carbonyl (C=O) groups is 1. The summed E-state index contributed by atoms with van der Waals surface area (Å²) in [5, 5.41) is 0. The average molecular weight is 191 g/mol. The zero-order valence-corrected chi connectivity index (χ0v) is 8.62. The fraction of sp³-hybridized carbons (Fsp3) is 0.417. The van der Waals surface area contributed by atoms with Crippen molar-refractivity contribution in [2.75, 3.05) is 0 Å². The Kier molecular flexibility index (Phi) is 4.17. The fourth-order valence-corrected chi connectivity index (χ4v) is 1.47. The SMILES string of the molecule is CCc1cccc(CCCC(N)=O)c1. The summed E-state index contributed by atoms with van der Waals surface area (Å²) >= 11 is 0. The van der Waals surface area contributed by atoms with Crippen molar-refractivity contribution < 1.29 is 4.79 Å². The van der Waals surface area contributed by atoms with Crippen LogP contribution in [-0.2, 0) is 17.6 Å². The molecule has 1 aromatic rings. The summed E-state index contributed by atoms with van der Waals surface area (Å²) < 4.78 is 0. The molecule has 2 heteroatoms. The number of aryl methyl sites for hydroxylation is 2. The first-order chi connectivity index (χ1) is 6.72. The summed E-state index contributed by atoms with van der Waals surface area (Å²) in [6.45, 7) is 2.14. The molecule has 2 N–H and O–H groups in total. The molecule has 0 radical (unpaired) electrons. The lowest BCUT2D eigenvalue weighted by Crippen LogP contribution is -2.10. The number of nitrogens with two attached hydrogens (primary N) is 1. The largest absolute Gasteiger partial charge is 0.370 e. The standard InChI is InChI=1S/C12H17NO/c1-2-10-5-3-6-11(9-10)7-4-8-12(13)14/h3,5-6,9H,2,4,7-8H2,1H3,(H2,13,14). The van der Waals surface area contributed by atoms with E-state index in [0.29, 0.717) is 6.42 Å². The zero-order chi connectivity index (χ0) is 10.4. The van der Waals surface area contributed by atoms with E-state index < -0.39 is 0 Å². The molecule has 76 valence electrons. The van der Waals surface area contributed by atoms with Crippen LogP contribution in [0.15, 0.2) is 24.3 Å². The van der Waals surface area contributed by atoms with E-state index in [1.54, 1.807) is 0 Å². The van der Waals surface area contributed by atoms with E-state index in [2.05, 4.69) is 31.2 Å². The third-order valence-corrected chi connectivity index (χ3v) is 2.29. The van der Waals surface area contributed by atoms with Crippen molar-refractivity contribution in [3.8, 4) is 0 Å². The third-order valence-electron chi connectivity index (χ3n) is 2.29. The van der Waals surface area contributed by atoms with Crippen LogP contribution in [0.3, 0.4) is 0 Å². The maximum absolute atomic E-state index is 10.5. The van der Waals surface area contributed by atoms with Crippen LogP contribution in [0.25, 0.3) is 0 Å². The molecule has 0 aliphatic heterocycles. The topological polar surface area (TPSA) is 43.1 Å². The zero-order valence-electron chi connectivity index (χ0n) is 8.62. The summed E-state index contributed by atoms with van der Waals surface area (Å²) in [7, 11) is 0. The summed E-state index contributed by atoms with van der Waals surface area (Å²) in [5.41, 5.74) is 7.72. The number of hydrogen-bond donors (Lipinski definition) is 1. The highest BCUT2D eigenvalue weighted by Crippen LogP contribution is 2.08. The van der Waals surface area contributed by atoms with Crippen molar-refractivity contribution in [2.24, 2.45) is 5.73 Å². The maximum atomic E-state index is 10.5. The van der Waals surface area contributed by atoms with Gasteiger partial charge in [0.1, 0.15) is 0 Å². The Labute approximate surface area is 85.1 Å². The number of carbonyl (C=O) groups excluding carboxylic acids is 1. The van der Waals surface area contributed by atoms with E-state index in [0.717, 1.165) is 19.3 Å². The Hall–Kier alpha value is -1.31. The van der Waals surface area contributed by atoms with Gasteiger partial charge in [-0.3, -0.25) is 4.79 Å². The van der Waals surface area contributed by atoms with Gasteiger partial charge in [0.15, 0.2) is 0 Å². The number of hydrogen-bond acceptors (Lipinski definition) is 1. The quantitative estimate of drug-likeness (QED) is 0.760. The van der Waals surface area contributed by atoms with Crippen LogP contribution in [0.1, 0.15) is 30.9 Å². The van der Waals surface area contributed by atoms with Gasteiger partial charge >= 0.3 is 0 Å². The van der Waals surface area contributed by atoms with Gasteiger partial charge in [0.05, 0.1) is 0 Å². The van der Waals surface area contributed by atoms with Crippen LogP contribution in [-0.4, -0.2) is 5.91 Å². The van der Waals surface area contributed by atoms with Gasteiger partial charge in [0.25, 0.3) is 0 Å². The molecule has 0 aliphatic rings. The van der Waals surface area contributed by atoms with Gasteiger partial charge in [0, 0.05) is 6.42 Å². The lowest BCUT2D eigenvalue weighted by molar-refractivity contribution is -0.118. The first kappa shape index (κ1) is 10.8. The van der Waals surface area contributed by atoms with E-state index in [1.807, 2.05) is 0 Å². The van der Waals surface area contributed by atoms with Gasteiger partial charge < -0.3 is 5.73 Å². The average Bonchev–Trinajstić information content (AvgIpc) is 2.18. The van der Waals surface area contributed by atoms with Crippen LogP contribution in [0.2, 0.25) is 0 Å². The second kappa shape index (κ2) is 5.43. The summed E-state index contributed by atoms with van der Waals surface area (Å²) in [6.07, 6.45) is 3.33. The van der Waals surface area contributed by atoms with E-state index in [1.165, 1.54) is 11.1 Å². The highest BCUT2D eigenvalue weighted by Gasteiger charge is 1.97. The van der Waals surface area contributed by atoms with Crippen molar-refractivity contribution in [3.63, 3.8) is 0 Å². The molecule has 0 bridgehead atoms. The minimum Gasteiger partial charge on any atom is -0.370 e. The Bertz CT molecular complexity index is 307. The molecule has 0 aromatic heterocycles. The number of rotatable bonds is 5. The van der Waals surface area contributed by atoms with E-state index >= 15 is 0 Å². The van der Waals surface area contributed by atoms with Crippen LogP contribution in [0, 0.1) is 0 Å². The summed E-state index contributed by atoms with van der Waals surface area (Å²) in [6, 6.07) is 8.48. The highest BCUT2D eigenvalue weighted by atomic mass is 16.1. The molecule has 1 amide bonds. The highest BCUT2D eigenvalue weighted by molar-refractivity contribution is 5.73. The van der Waals surface area contributed by atoms with Crippen LogP contribution in [0.5, 0.6) is 0 Å². The molecule has 0 heterocycles. The lowest BCUT2D eigenvalue weighted by atomic mass is 10.0. The summed E-state index contributed by atoms with van der Waals surface area (Å²) in [4.78, 5) is 10.5. The summed E-state index contributed by atoms with van der Waals surface area (Å²) in [5.74, 6) is -0.211. The number of primary amides is 1. The molecular weight excluding hydrogens is 174 g/mol. The molecule has 0 atom stereocenters. The maximum Gasteiger partial charge on any atom is 0.217 e. The predicted molar refractivity (Wildman–Crippen MR) is 58.0 cm³/mol. The molecule has 14 heavy (non-hydrogen) atoms. The van der Waals surface area contributed by atoms with E-state index in [-0.39, 0.29) is 5.91 Å². The Morgan fingerprint density at radius 3 is 2.71 bits per heavy atom. The normalized spacial score (nSPS) is 10.1. The second-order valence-corrected chi connectivity index (χ2v) is 3.49. The van der Waals surface area contributed by atoms with Gasteiger partial charge in [-0.05, 0) is 30.4 Å². The Morgan fingerprint density at radius 1 is 1.36 bits per heavy atom. The molecule has 0 unspecified atom stereocenters. The molecule has 1 aromatic carbocycles. The number of amides is 1. The minimum atomic E-state index is -0.211. The number of benzene rings is 1.